The summed E-state index contributed by atoms with van der Waals surface area (Å²) < 4.78 is 5.49. The molecule has 8 heteroatoms. The summed E-state index contributed by atoms with van der Waals surface area (Å²) in [7, 11) is 0. The third-order valence-electron chi connectivity index (χ3n) is 5.44. The van der Waals surface area contributed by atoms with E-state index in [0.717, 1.165) is 16.5 Å². The molecule has 1 heterocycles. The number of benzene rings is 3. The van der Waals surface area contributed by atoms with Crippen molar-refractivity contribution in [1.29, 1.82) is 0 Å². The summed E-state index contributed by atoms with van der Waals surface area (Å²) in [6.45, 7) is 4.35. The fourth-order valence-corrected chi connectivity index (χ4v) is 3.70. The zero-order valence-electron chi connectivity index (χ0n) is 18.8. The lowest BCUT2D eigenvalue weighted by Gasteiger charge is -2.23. The summed E-state index contributed by atoms with van der Waals surface area (Å²) in [5.41, 5.74) is 2.61. The van der Waals surface area contributed by atoms with Crippen LogP contribution >= 0.6 is 0 Å². The molecule has 0 spiro atoms. The van der Waals surface area contributed by atoms with Gasteiger partial charge in [-0.2, -0.15) is 0 Å². The Hall–Kier alpha value is -4.46. The predicted molar refractivity (Wildman–Crippen MR) is 131 cm³/mol. The third-order valence-corrected chi connectivity index (χ3v) is 5.44. The first-order valence-corrected chi connectivity index (χ1v) is 10.8. The number of carbonyl (C=O) groups excluding carboxylic acids is 1. The topological polar surface area (TPSA) is 106 Å². The second kappa shape index (κ2) is 9.58. The number of aromatic amines is 1. The number of ether oxygens (including phenoxy) is 1. The zero-order chi connectivity index (χ0) is 24.2. The molecule has 1 aromatic heterocycles. The molecule has 0 aliphatic rings. The number of hydrogen-bond donors (Lipinski definition) is 1. The van der Waals surface area contributed by atoms with Gasteiger partial charge in [0, 0.05) is 34.5 Å². The van der Waals surface area contributed by atoms with Crippen LogP contribution in [0.1, 0.15) is 28.4 Å². The van der Waals surface area contributed by atoms with Gasteiger partial charge in [-0.3, -0.25) is 19.7 Å². The smallest absolute Gasteiger partial charge is 0.269 e. The number of nitro groups is 1. The lowest BCUT2D eigenvalue weighted by atomic mass is 10.1. The fourth-order valence-electron chi connectivity index (χ4n) is 3.70. The van der Waals surface area contributed by atoms with Gasteiger partial charge in [-0.1, -0.05) is 12.1 Å². The summed E-state index contributed by atoms with van der Waals surface area (Å²) in [5.74, 6) is 0.273. The van der Waals surface area contributed by atoms with Crippen LogP contribution in [0.5, 0.6) is 5.75 Å². The number of carbonyl (C=O) groups is 1. The molecule has 172 valence electrons. The van der Waals surface area contributed by atoms with Gasteiger partial charge in [0.2, 0.25) is 0 Å². The van der Waals surface area contributed by atoms with Crippen LogP contribution < -0.4 is 15.2 Å². The molecule has 8 nitrogen and oxygen atoms in total. The van der Waals surface area contributed by atoms with Crippen molar-refractivity contribution in [3.05, 3.63) is 110 Å². The van der Waals surface area contributed by atoms with Crippen LogP contribution in [-0.4, -0.2) is 22.4 Å². The SMILES string of the molecule is CCOc1ccc(N(Cc2cc3ccc(C)cc3[nH]c2=O)C(=O)c2ccc([N+](=O)[O-])cc2)cc1. The van der Waals surface area contributed by atoms with Crippen LogP contribution in [-0.2, 0) is 6.54 Å². The Bertz CT molecular complexity index is 1410. The number of aromatic nitrogens is 1. The number of amides is 1. The largest absolute Gasteiger partial charge is 0.494 e. The standard InChI is InChI=1S/C26H23N3O5/c1-3-34-23-12-10-21(11-13-23)28(26(31)18-6-8-22(9-7-18)29(32)33)16-20-15-19-5-4-17(2)14-24(19)27-25(20)30/h4-15H,3,16H2,1-2H3,(H,27,30). The lowest BCUT2D eigenvalue weighted by Crippen LogP contribution is -2.32. The first-order valence-electron chi connectivity index (χ1n) is 10.8. The fraction of sp³-hybridized carbons (Fsp3) is 0.154. The van der Waals surface area contributed by atoms with Gasteiger partial charge in [-0.25, -0.2) is 0 Å². The van der Waals surface area contributed by atoms with Gasteiger partial charge >= 0.3 is 0 Å². The van der Waals surface area contributed by atoms with E-state index in [2.05, 4.69) is 4.98 Å². The summed E-state index contributed by atoms with van der Waals surface area (Å²) >= 11 is 0. The molecule has 0 radical (unpaired) electrons. The summed E-state index contributed by atoms with van der Waals surface area (Å²) in [6, 6.07) is 19.9. The quantitative estimate of drug-likeness (QED) is 0.311. The molecule has 4 rings (SSSR count). The van der Waals surface area contributed by atoms with E-state index in [1.807, 2.05) is 32.0 Å². The molecule has 1 N–H and O–H groups in total. The van der Waals surface area contributed by atoms with Crippen molar-refractivity contribution in [3.8, 4) is 5.75 Å². The Balaban J connectivity index is 1.74. The Kier molecular flexibility index (Phi) is 6.40. The number of nitrogens with one attached hydrogen (secondary N) is 1. The number of hydrogen-bond acceptors (Lipinski definition) is 5. The van der Waals surface area contributed by atoms with Crippen molar-refractivity contribution in [2.24, 2.45) is 0 Å². The van der Waals surface area contributed by atoms with Gasteiger partial charge in [0.1, 0.15) is 5.75 Å². The average molecular weight is 457 g/mol. The van der Waals surface area contributed by atoms with E-state index in [1.165, 1.54) is 29.2 Å². The molecule has 0 unspecified atom stereocenters. The van der Waals surface area contributed by atoms with Crippen LogP contribution in [0.4, 0.5) is 11.4 Å². The van der Waals surface area contributed by atoms with Crippen molar-refractivity contribution in [1.82, 2.24) is 4.98 Å². The van der Waals surface area contributed by atoms with Crippen LogP contribution in [0.15, 0.2) is 77.6 Å². The molecular formula is C26H23N3O5. The van der Waals surface area contributed by atoms with Gasteiger partial charge in [-0.15, -0.1) is 0 Å². The first-order chi connectivity index (χ1) is 16.4. The minimum absolute atomic E-state index is 0.0168. The summed E-state index contributed by atoms with van der Waals surface area (Å²) in [5, 5.41) is 11.8. The second-order valence-electron chi connectivity index (χ2n) is 7.84. The van der Waals surface area contributed by atoms with E-state index in [1.54, 1.807) is 30.3 Å². The zero-order valence-corrected chi connectivity index (χ0v) is 18.8. The van der Waals surface area contributed by atoms with Gasteiger partial charge in [0.05, 0.1) is 18.1 Å². The first kappa shape index (κ1) is 22.7. The molecule has 0 atom stereocenters. The minimum atomic E-state index is -0.519. The Morgan fingerprint density at radius 2 is 1.74 bits per heavy atom. The van der Waals surface area contributed by atoms with E-state index >= 15 is 0 Å². The maximum atomic E-state index is 13.5. The number of fused-ring (bicyclic) bond motifs is 1. The Labute approximate surface area is 195 Å². The third kappa shape index (κ3) is 4.80. The van der Waals surface area contributed by atoms with Crippen molar-refractivity contribution in [2.45, 2.75) is 20.4 Å². The van der Waals surface area contributed by atoms with E-state index in [0.29, 0.717) is 23.6 Å². The highest BCUT2D eigenvalue weighted by Crippen LogP contribution is 2.24. The lowest BCUT2D eigenvalue weighted by molar-refractivity contribution is -0.384. The molecule has 0 saturated carbocycles. The molecule has 0 bridgehead atoms. The van der Waals surface area contributed by atoms with Crippen molar-refractivity contribution >= 4 is 28.2 Å². The van der Waals surface area contributed by atoms with Gasteiger partial charge in [0.15, 0.2) is 0 Å². The molecule has 4 aromatic rings. The second-order valence-corrected chi connectivity index (χ2v) is 7.84. The van der Waals surface area contributed by atoms with Gasteiger partial charge in [-0.05, 0) is 73.3 Å². The number of nitro benzene ring substituents is 1. The number of non-ortho nitro benzene ring substituents is 1. The number of pyridine rings is 1. The monoisotopic (exact) mass is 457 g/mol. The average Bonchev–Trinajstić information content (AvgIpc) is 2.83. The van der Waals surface area contributed by atoms with Crippen LogP contribution in [0.3, 0.4) is 0 Å². The van der Waals surface area contributed by atoms with E-state index in [-0.39, 0.29) is 29.3 Å². The Morgan fingerprint density at radius 1 is 1.03 bits per heavy atom. The maximum absolute atomic E-state index is 13.5. The van der Waals surface area contributed by atoms with Gasteiger partial charge < -0.3 is 14.6 Å². The normalized spacial score (nSPS) is 10.8. The molecule has 3 aromatic carbocycles. The molecule has 1 amide bonds. The van der Waals surface area contributed by atoms with Gasteiger partial charge in [0.25, 0.3) is 17.2 Å². The van der Waals surface area contributed by atoms with Crippen molar-refractivity contribution in [2.75, 3.05) is 11.5 Å². The molecule has 0 aliphatic heterocycles. The summed E-state index contributed by atoms with van der Waals surface area (Å²) in [4.78, 5) is 41.2. The van der Waals surface area contributed by atoms with Crippen molar-refractivity contribution < 1.29 is 14.5 Å². The number of H-pyrrole nitrogens is 1. The van der Waals surface area contributed by atoms with E-state index in [4.69, 9.17) is 4.74 Å². The number of nitrogens with zero attached hydrogens (tertiary/aromatic N) is 2. The highest BCUT2D eigenvalue weighted by molar-refractivity contribution is 6.06. The van der Waals surface area contributed by atoms with E-state index < -0.39 is 4.92 Å². The predicted octanol–water partition coefficient (Wildman–Crippen LogP) is 4.99. The highest BCUT2D eigenvalue weighted by atomic mass is 16.6. The number of rotatable bonds is 7. The van der Waals surface area contributed by atoms with Crippen LogP contribution in [0.2, 0.25) is 0 Å². The van der Waals surface area contributed by atoms with Crippen LogP contribution in [0.25, 0.3) is 10.9 Å². The minimum Gasteiger partial charge on any atom is -0.494 e. The molecular weight excluding hydrogens is 434 g/mol. The number of anilines is 1. The molecule has 0 aliphatic carbocycles. The molecule has 34 heavy (non-hydrogen) atoms. The molecule has 0 saturated heterocycles. The molecule has 0 fully saturated rings. The maximum Gasteiger partial charge on any atom is 0.269 e. The highest BCUT2D eigenvalue weighted by Gasteiger charge is 2.21. The summed E-state index contributed by atoms with van der Waals surface area (Å²) in [6.07, 6.45) is 0. The number of aryl methyl sites for hydroxylation is 1. The van der Waals surface area contributed by atoms with E-state index in [9.17, 15) is 19.7 Å². The van der Waals surface area contributed by atoms with Crippen LogP contribution in [0, 0.1) is 17.0 Å². The Morgan fingerprint density at radius 3 is 2.38 bits per heavy atom. The van der Waals surface area contributed by atoms with Crippen molar-refractivity contribution in [3.63, 3.8) is 0 Å².